The van der Waals surface area contributed by atoms with E-state index in [2.05, 4.69) is 22.4 Å². The third-order valence-corrected chi connectivity index (χ3v) is 4.36. The van der Waals surface area contributed by atoms with Gasteiger partial charge in [-0.3, -0.25) is 4.79 Å². The summed E-state index contributed by atoms with van der Waals surface area (Å²) in [5.74, 6) is 0.736. The second-order valence-electron chi connectivity index (χ2n) is 6.07. The standard InChI is InChI=1S/C21H19N3O.C2H6/c25-21(22-16-9-3-1-4-10-16)18-15-20(24-13-7-2-8-14-24)23-19-12-6-5-11-17(18)19;1-2/h1-7,9-12,15H,8,13-14H2,(H,22,25);1-2H3. The van der Waals surface area contributed by atoms with Gasteiger partial charge in [0.15, 0.2) is 0 Å². The smallest absolute Gasteiger partial charge is 0.256 e. The minimum absolute atomic E-state index is 0.112. The van der Waals surface area contributed by atoms with Crippen LogP contribution in [0, 0.1) is 0 Å². The average molecular weight is 359 g/mol. The number of carbonyl (C=O) groups excluding carboxylic acids is 1. The third kappa shape index (κ3) is 4.34. The van der Waals surface area contributed by atoms with Crippen molar-refractivity contribution in [1.82, 2.24) is 4.98 Å². The quantitative estimate of drug-likeness (QED) is 0.647. The summed E-state index contributed by atoms with van der Waals surface area (Å²) in [5.41, 5.74) is 2.28. The van der Waals surface area contributed by atoms with Gasteiger partial charge >= 0.3 is 0 Å². The van der Waals surface area contributed by atoms with E-state index in [0.717, 1.165) is 41.9 Å². The Balaban J connectivity index is 0.00000102. The molecule has 0 saturated carbocycles. The van der Waals surface area contributed by atoms with E-state index < -0.39 is 0 Å². The van der Waals surface area contributed by atoms with Crippen molar-refractivity contribution in [2.24, 2.45) is 0 Å². The number of rotatable bonds is 3. The first-order valence-corrected chi connectivity index (χ1v) is 9.47. The fraction of sp³-hybridized carbons (Fsp3) is 0.217. The number of hydrogen-bond donors (Lipinski definition) is 1. The molecule has 3 aromatic rings. The normalized spacial score (nSPS) is 13.0. The molecule has 0 unspecified atom stereocenters. The Kier molecular flexibility index (Phi) is 6.21. The maximum absolute atomic E-state index is 12.9. The topological polar surface area (TPSA) is 45.2 Å². The number of para-hydroxylation sites is 2. The Bertz CT molecular complexity index is 935. The molecule has 4 nitrogen and oxygen atoms in total. The first kappa shape index (κ1) is 18.6. The third-order valence-electron chi connectivity index (χ3n) is 4.36. The summed E-state index contributed by atoms with van der Waals surface area (Å²) in [7, 11) is 0. The zero-order valence-corrected chi connectivity index (χ0v) is 15.9. The van der Waals surface area contributed by atoms with Crippen molar-refractivity contribution in [3.8, 4) is 0 Å². The maximum Gasteiger partial charge on any atom is 0.256 e. The SMILES string of the molecule is CC.O=C(Nc1ccccc1)c1cc(N2CC=CCC2)nc2ccccc12. The van der Waals surface area contributed by atoms with Crippen molar-refractivity contribution in [3.05, 3.63) is 78.4 Å². The largest absolute Gasteiger partial charge is 0.353 e. The first-order valence-electron chi connectivity index (χ1n) is 9.47. The van der Waals surface area contributed by atoms with Crippen LogP contribution in [0.3, 0.4) is 0 Å². The average Bonchev–Trinajstić information content (AvgIpc) is 2.75. The molecule has 4 heteroatoms. The Morgan fingerprint density at radius 2 is 1.74 bits per heavy atom. The molecule has 4 rings (SSSR count). The van der Waals surface area contributed by atoms with Gasteiger partial charge in [-0.05, 0) is 30.7 Å². The Morgan fingerprint density at radius 1 is 1.00 bits per heavy atom. The van der Waals surface area contributed by atoms with Gasteiger partial charge in [0.2, 0.25) is 0 Å². The highest BCUT2D eigenvalue weighted by molar-refractivity contribution is 6.13. The lowest BCUT2D eigenvalue weighted by molar-refractivity contribution is 0.102. The van der Waals surface area contributed by atoms with Gasteiger partial charge in [0.05, 0.1) is 11.1 Å². The molecule has 2 aromatic carbocycles. The van der Waals surface area contributed by atoms with Crippen molar-refractivity contribution >= 4 is 28.3 Å². The second-order valence-corrected chi connectivity index (χ2v) is 6.07. The number of pyridine rings is 1. The van der Waals surface area contributed by atoms with E-state index in [1.54, 1.807) is 0 Å². The molecule has 1 amide bonds. The van der Waals surface area contributed by atoms with Crippen LogP contribution in [0.5, 0.6) is 0 Å². The number of anilines is 2. The molecule has 27 heavy (non-hydrogen) atoms. The molecular formula is C23H25N3O. The molecule has 0 spiro atoms. The summed E-state index contributed by atoms with van der Waals surface area (Å²) >= 11 is 0. The lowest BCUT2D eigenvalue weighted by Crippen LogP contribution is -2.28. The molecule has 1 aliphatic heterocycles. The number of nitrogens with zero attached hydrogens (tertiary/aromatic N) is 2. The molecule has 1 N–H and O–H groups in total. The summed E-state index contributed by atoms with van der Waals surface area (Å²) < 4.78 is 0. The molecule has 0 aliphatic carbocycles. The van der Waals surface area contributed by atoms with Crippen molar-refractivity contribution in [2.45, 2.75) is 20.3 Å². The molecule has 0 fully saturated rings. The second kappa shape index (κ2) is 8.99. The summed E-state index contributed by atoms with van der Waals surface area (Å²) in [6.07, 6.45) is 5.32. The first-order chi connectivity index (χ1) is 13.3. The molecule has 138 valence electrons. The van der Waals surface area contributed by atoms with E-state index in [4.69, 9.17) is 4.98 Å². The highest BCUT2D eigenvalue weighted by atomic mass is 16.1. The van der Waals surface area contributed by atoms with Gasteiger partial charge < -0.3 is 10.2 Å². The van der Waals surface area contributed by atoms with E-state index in [9.17, 15) is 4.79 Å². The van der Waals surface area contributed by atoms with Crippen LogP contribution in [0.1, 0.15) is 30.6 Å². The van der Waals surface area contributed by atoms with Crippen LogP contribution in [0.4, 0.5) is 11.5 Å². The highest BCUT2D eigenvalue weighted by Crippen LogP contribution is 2.25. The van der Waals surface area contributed by atoms with Crippen LogP contribution in [0.25, 0.3) is 10.9 Å². The molecule has 0 radical (unpaired) electrons. The van der Waals surface area contributed by atoms with Gasteiger partial charge in [-0.15, -0.1) is 0 Å². The minimum Gasteiger partial charge on any atom is -0.353 e. The number of aromatic nitrogens is 1. The van der Waals surface area contributed by atoms with Crippen LogP contribution in [-0.4, -0.2) is 24.0 Å². The molecule has 0 saturated heterocycles. The van der Waals surface area contributed by atoms with Crippen LogP contribution in [0.15, 0.2) is 72.8 Å². The minimum atomic E-state index is -0.112. The molecule has 1 aliphatic rings. The van der Waals surface area contributed by atoms with Crippen LogP contribution >= 0.6 is 0 Å². The Labute approximate surface area is 160 Å². The van der Waals surface area contributed by atoms with Crippen molar-refractivity contribution in [1.29, 1.82) is 0 Å². The summed E-state index contributed by atoms with van der Waals surface area (Å²) in [4.78, 5) is 19.9. The molecular weight excluding hydrogens is 334 g/mol. The summed E-state index contributed by atoms with van der Waals surface area (Å²) in [6.45, 7) is 5.74. The van der Waals surface area contributed by atoms with E-state index in [-0.39, 0.29) is 5.91 Å². The Morgan fingerprint density at radius 3 is 2.48 bits per heavy atom. The number of amides is 1. The summed E-state index contributed by atoms with van der Waals surface area (Å²) in [6, 6.07) is 19.2. The summed E-state index contributed by atoms with van der Waals surface area (Å²) in [5, 5.41) is 3.85. The number of carbonyl (C=O) groups is 1. The molecule has 0 atom stereocenters. The molecule has 1 aromatic heterocycles. The van der Waals surface area contributed by atoms with E-state index in [0.29, 0.717) is 5.56 Å². The zero-order chi connectivity index (χ0) is 19.1. The van der Waals surface area contributed by atoms with Crippen molar-refractivity contribution < 1.29 is 4.79 Å². The van der Waals surface area contributed by atoms with E-state index >= 15 is 0 Å². The number of nitrogens with one attached hydrogen (secondary N) is 1. The molecule has 2 heterocycles. The Hall–Kier alpha value is -3.14. The van der Waals surface area contributed by atoms with Crippen molar-refractivity contribution in [2.75, 3.05) is 23.3 Å². The van der Waals surface area contributed by atoms with Crippen LogP contribution < -0.4 is 10.2 Å². The predicted octanol–water partition coefficient (Wildman–Crippen LogP) is 5.28. The lowest BCUT2D eigenvalue weighted by Gasteiger charge is -2.25. The van der Waals surface area contributed by atoms with Crippen LogP contribution in [0.2, 0.25) is 0 Å². The zero-order valence-electron chi connectivity index (χ0n) is 15.9. The van der Waals surface area contributed by atoms with E-state index in [1.807, 2.05) is 74.5 Å². The van der Waals surface area contributed by atoms with Gasteiger partial charge in [0.25, 0.3) is 5.91 Å². The van der Waals surface area contributed by atoms with Gasteiger partial charge in [-0.1, -0.05) is 62.4 Å². The predicted molar refractivity (Wildman–Crippen MR) is 113 cm³/mol. The van der Waals surface area contributed by atoms with Gasteiger partial charge in [-0.25, -0.2) is 4.98 Å². The molecule has 0 bridgehead atoms. The highest BCUT2D eigenvalue weighted by Gasteiger charge is 2.16. The van der Waals surface area contributed by atoms with Gasteiger partial charge in [-0.2, -0.15) is 0 Å². The number of hydrogen-bond acceptors (Lipinski definition) is 3. The number of benzene rings is 2. The lowest BCUT2D eigenvalue weighted by atomic mass is 10.1. The van der Waals surface area contributed by atoms with Crippen LogP contribution in [-0.2, 0) is 0 Å². The maximum atomic E-state index is 12.9. The van der Waals surface area contributed by atoms with Gasteiger partial charge in [0.1, 0.15) is 5.82 Å². The van der Waals surface area contributed by atoms with E-state index in [1.165, 1.54) is 0 Å². The fourth-order valence-electron chi connectivity index (χ4n) is 3.08. The van der Waals surface area contributed by atoms with Gasteiger partial charge in [0, 0.05) is 24.2 Å². The van der Waals surface area contributed by atoms with Crippen molar-refractivity contribution in [3.63, 3.8) is 0 Å². The fourth-order valence-corrected chi connectivity index (χ4v) is 3.08. The monoisotopic (exact) mass is 359 g/mol. The number of fused-ring (bicyclic) bond motifs is 1.